The Balaban J connectivity index is 2.31. The summed E-state index contributed by atoms with van der Waals surface area (Å²) in [5.41, 5.74) is 11.4. The minimum Gasteiger partial charge on any atom is -0.399 e. The highest BCUT2D eigenvalue weighted by molar-refractivity contribution is 5.76. The number of benzene rings is 1. The normalized spacial score (nSPS) is 14.4. The second kappa shape index (κ2) is 3.79. The van der Waals surface area contributed by atoms with Crippen LogP contribution >= 0.6 is 0 Å². The van der Waals surface area contributed by atoms with Crippen LogP contribution in [-0.2, 0) is 0 Å². The average molecular weight is 185 g/mol. The zero-order valence-electron chi connectivity index (χ0n) is 7.64. The van der Waals surface area contributed by atoms with Crippen LogP contribution in [0.25, 0.3) is 5.70 Å². The molecule has 3 nitrogen and oxygen atoms in total. The van der Waals surface area contributed by atoms with Gasteiger partial charge in [-0.25, -0.2) is 0 Å². The van der Waals surface area contributed by atoms with Gasteiger partial charge in [-0.3, -0.25) is 5.43 Å². The summed E-state index contributed by atoms with van der Waals surface area (Å²) < 4.78 is 0. The third-order valence-electron chi connectivity index (χ3n) is 1.94. The SMILES string of the molecule is Nc1ccc(C2=CC=CC=NN2)cc1. The van der Waals surface area contributed by atoms with E-state index in [4.69, 9.17) is 5.73 Å². The minimum atomic E-state index is 0.766. The van der Waals surface area contributed by atoms with E-state index in [9.17, 15) is 0 Å². The summed E-state index contributed by atoms with van der Waals surface area (Å²) in [6, 6.07) is 7.66. The predicted molar refractivity (Wildman–Crippen MR) is 59.6 cm³/mol. The zero-order chi connectivity index (χ0) is 9.80. The Bertz CT molecular complexity index is 399. The summed E-state index contributed by atoms with van der Waals surface area (Å²) in [4.78, 5) is 0. The van der Waals surface area contributed by atoms with Crippen molar-refractivity contribution in [3.05, 3.63) is 48.1 Å². The molecule has 1 aromatic rings. The molecule has 1 aromatic carbocycles. The van der Waals surface area contributed by atoms with E-state index in [0.29, 0.717) is 0 Å². The number of anilines is 1. The maximum absolute atomic E-state index is 5.60. The number of rotatable bonds is 1. The first-order valence-corrected chi connectivity index (χ1v) is 4.38. The average Bonchev–Trinajstić information content (AvgIpc) is 2.47. The van der Waals surface area contributed by atoms with Crippen molar-refractivity contribution in [3.63, 3.8) is 0 Å². The summed E-state index contributed by atoms with van der Waals surface area (Å²) in [7, 11) is 0. The monoisotopic (exact) mass is 185 g/mol. The number of hydrogen-bond donors (Lipinski definition) is 2. The number of nitrogens with zero attached hydrogens (tertiary/aromatic N) is 1. The van der Waals surface area contributed by atoms with Crippen LogP contribution < -0.4 is 11.2 Å². The molecule has 2 rings (SSSR count). The Hall–Kier alpha value is -2.03. The van der Waals surface area contributed by atoms with Crippen LogP contribution in [0.15, 0.2) is 47.6 Å². The zero-order valence-corrected chi connectivity index (χ0v) is 7.64. The Morgan fingerprint density at radius 2 is 1.86 bits per heavy atom. The molecule has 0 saturated heterocycles. The Labute approximate surface area is 82.6 Å². The number of nitrogen functional groups attached to an aromatic ring is 1. The Morgan fingerprint density at radius 1 is 1.07 bits per heavy atom. The van der Waals surface area contributed by atoms with Crippen LogP contribution in [0.3, 0.4) is 0 Å². The fourth-order valence-corrected chi connectivity index (χ4v) is 1.21. The van der Waals surface area contributed by atoms with Crippen LogP contribution in [0.5, 0.6) is 0 Å². The number of hydrazone groups is 1. The third-order valence-corrected chi connectivity index (χ3v) is 1.94. The maximum Gasteiger partial charge on any atom is 0.0634 e. The number of allylic oxidation sites excluding steroid dienone is 3. The molecule has 3 heteroatoms. The van der Waals surface area contributed by atoms with E-state index in [-0.39, 0.29) is 0 Å². The highest BCUT2D eigenvalue weighted by Crippen LogP contribution is 2.14. The van der Waals surface area contributed by atoms with Crippen LogP contribution in [0.1, 0.15) is 5.56 Å². The Kier molecular flexibility index (Phi) is 2.32. The fourth-order valence-electron chi connectivity index (χ4n) is 1.21. The van der Waals surface area contributed by atoms with Gasteiger partial charge in [-0.2, -0.15) is 5.10 Å². The first-order valence-electron chi connectivity index (χ1n) is 4.38. The maximum atomic E-state index is 5.60. The summed E-state index contributed by atoms with van der Waals surface area (Å²) in [6.07, 6.45) is 7.49. The number of hydrogen-bond acceptors (Lipinski definition) is 3. The molecule has 14 heavy (non-hydrogen) atoms. The van der Waals surface area contributed by atoms with Gasteiger partial charge in [0.2, 0.25) is 0 Å². The molecule has 0 saturated carbocycles. The van der Waals surface area contributed by atoms with Gasteiger partial charge in [-0.15, -0.1) is 0 Å². The van der Waals surface area contributed by atoms with Crippen molar-refractivity contribution in [1.29, 1.82) is 0 Å². The lowest BCUT2D eigenvalue weighted by molar-refractivity contribution is 1.00. The van der Waals surface area contributed by atoms with Gasteiger partial charge in [-0.05, 0) is 29.8 Å². The molecule has 1 aliphatic rings. The molecule has 70 valence electrons. The summed E-state index contributed by atoms with van der Waals surface area (Å²) in [5.74, 6) is 0. The standard InChI is InChI=1S/C11H11N3/c12-10-6-4-9(5-7-10)11-3-1-2-8-13-14-11/h1-8,14H,12H2. The predicted octanol–water partition coefficient (Wildman–Crippen LogP) is 1.75. The van der Waals surface area contributed by atoms with Crippen molar-refractivity contribution >= 4 is 17.6 Å². The van der Waals surface area contributed by atoms with E-state index < -0.39 is 0 Å². The molecule has 0 aromatic heterocycles. The molecular formula is C11H11N3. The molecule has 0 fully saturated rings. The molecule has 0 bridgehead atoms. The van der Waals surface area contributed by atoms with E-state index in [1.165, 1.54) is 0 Å². The molecule has 3 N–H and O–H groups in total. The first-order chi connectivity index (χ1) is 6.86. The molecular weight excluding hydrogens is 174 g/mol. The van der Waals surface area contributed by atoms with Crippen molar-refractivity contribution in [2.24, 2.45) is 5.10 Å². The van der Waals surface area contributed by atoms with Crippen molar-refractivity contribution in [2.75, 3.05) is 5.73 Å². The quantitative estimate of drug-likeness (QED) is 0.655. The van der Waals surface area contributed by atoms with Crippen molar-refractivity contribution in [2.45, 2.75) is 0 Å². The highest BCUT2D eigenvalue weighted by Gasteiger charge is 1.99. The molecule has 0 unspecified atom stereocenters. The molecule has 0 aliphatic carbocycles. The summed E-state index contributed by atoms with van der Waals surface area (Å²) in [6.45, 7) is 0. The number of nitrogens with two attached hydrogens (primary N) is 1. The minimum absolute atomic E-state index is 0.766. The van der Waals surface area contributed by atoms with Gasteiger partial charge in [0.25, 0.3) is 0 Å². The topological polar surface area (TPSA) is 50.4 Å². The van der Waals surface area contributed by atoms with Crippen molar-refractivity contribution in [3.8, 4) is 0 Å². The Morgan fingerprint density at radius 3 is 2.64 bits per heavy atom. The van der Waals surface area contributed by atoms with Crippen LogP contribution in [-0.4, -0.2) is 6.21 Å². The lowest BCUT2D eigenvalue weighted by Crippen LogP contribution is -2.03. The van der Waals surface area contributed by atoms with Gasteiger partial charge in [0.05, 0.1) is 5.70 Å². The second-order valence-corrected chi connectivity index (χ2v) is 2.98. The van der Waals surface area contributed by atoms with Gasteiger partial charge >= 0.3 is 0 Å². The van der Waals surface area contributed by atoms with Crippen LogP contribution in [0.4, 0.5) is 5.69 Å². The van der Waals surface area contributed by atoms with E-state index in [1.54, 1.807) is 6.21 Å². The van der Waals surface area contributed by atoms with Gasteiger partial charge in [-0.1, -0.05) is 18.2 Å². The molecule has 1 heterocycles. The third kappa shape index (κ3) is 1.82. The van der Waals surface area contributed by atoms with E-state index in [2.05, 4.69) is 10.5 Å². The van der Waals surface area contributed by atoms with Gasteiger partial charge in [0, 0.05) is 11.9 Å². The highest BCUT2D eigenvalue weighted by atomic mass is 15.3. The molecule has 0 amide bonds. The van der Waals surface area contributed by atoms with Crippen molar-refractivity contribution in [1.82, 2.24) is 5.43 Å². The smallest absolute Gasteiger partial charge is 0.0634 e. The molecule has 1 aliphatic heterocycles. The van der Waals surface area contributed by atoms with Crippen LogP contribution in [0.2, 0.25) is 0 Å². The molecule has 0 atom stereocenters. The lowest BCUT2D eigenvalue weighted by Gasteiger charge is -2.05. The lowest BCUT2D eigenvalue weighted by atomic mass is 10.1. The van der Waals surface area contributed by atoms with E-state index >= 15 is 0 Å². The fraction of sp³-hybridized carbons (Fsp3) is 0. The largest absolute Gasteiger partial charge is 0.399 e. The van der Waals surface area contributed by atoms with Crippen molar-refractivity contribution < 1.29 is 0 Å². The second-order valence-electron chi connectivity index (χ2n) is 2.98. The summed E-state index contributed by atoms with van der Waals surface area (Å²) in [5, 5.41) is 3.99. The van der Waals surface area contributed by atoms with Crippen LogP contribution in [0, 0.1) is 0 Å². The molecule has 0 radical (unpaired) electrons. The summed E-state index contributed by atoms with van der Waals surface area (Å²) >= 11 is 0. The van der Waals surface area contributed by atoms with Gasteiger partial charge in [0.1, 0.15) is 0 Å². The van der Waals surface area contributed by atoms with E-state index in [1.807, 2.05) is 42.5 Å². The van der Waals surface area contributed by atoms with Gasteiger partial charge in [0.15, 0.2) is 0 Å². The number of nitrogens with one attached hydrogen (secondary N) is 1. The molecule has 0 spiro atoms. The van der Waals surface area contributed by atoms with E-state index in [0.717, 1.165) is 16.9 Å². The first kappa shape index (κ1) is 8.56. The van der Waals surface area contributed by atoms with Gasteiger partial charge < -0.3 is 5.73 Å².